The summed E-state index contributed by atoms with van der Waals surface area (Å²) in [4.78, 5) is 16.4. The fourth-order valence-electron chi connectivity index (χ4n) is 2.19. The van der Waals surface area contributed by atoms with Gasteiger partial charge in [-0.25, -0.2) is 0 Å². The highest BCUT2D eigenvalue weighted by molar-refractivity contribution is 6.03. The van der Waals surface area contributed by atoms with Crippen LogP contribution in [0.3, 0.4) is 0 Å². The number of H-pyrrole nitrogens is 1. The number of aromatic nitrogens is 3. The molecular weight excluding hydrogens is 270 g/mol. The minimum absolute atomic E-state index is 0.0293. The van der Waals surface area contributed by atoms with Gasteiger partial charge in [-0.3, -0.25) is 14.9 Å². The van der Waals surface area contributed by atoms with Gasteiger partial charge in [-0.15, -0.1) is 0 Å². The molecule has 1 aliphatic rings. The average molecular weight is 287 g/mol. The molecule has 1 aliphatic heterocycles. The van der Waals surface area contributed by atoms with Gasteiger partial charge in [-0.1, -0.05) is 0 Å². The van der Waals surface area contributed by atoms with E-state index in [9.17, 15) is 4.79 Å². The summed E-state index contributed by atoms with van der Waals surface area (Å²) in [5.41, 5.74) is 2.76. The van der Waals surface area contributed by atoms with Crippen LogP contribution in [-0.2, 0) is 4.74 Å². The van der Waals surface area contributed by atoms with Crippen LogP contribution >= 0.6 is 0 Å². The molecule has 2 aromatic rings. The molecular formula is C14H17N5O2. The maximum absolute atomic E-state index is 12.0. The predicted molar refractivity (Wildman–Crippen MR) is 77.1 cm³/mol. The van der Waals surface area contributed by atoms with Crippen molar-refractivity contribution < 1.29 is 9.53 Å². The number of nitrogens with one attached hydrogen (secondary N) is 3. The number of pyridine rings is 1. The van der Waals surface area contributed by atoms with Crippen molar-refractivity contribution in [3.8, 4) is 0 Å². The first kappa shape index (κ1) is 13.7. The largest absolute Gasteiger partial charge is 0.369 e. The van der Waals surface area contributed by atoms with E-state index in [0.29, 0.717) is 18.0 Å². The standard InChI is InChI=1S/C14H17N5O2/c1-9-6-17-19-13(9)14(20)18-10-2-3-11(16-7-10)12-8-15-4-5-21-12/h2-3,6-7,12,15H,4-5,8H2,1H3,(H,17,19)(H,18,20)/t12-/m1/s1. The fourth-order valence-corrected chi connectivity index (χ4v) is 2.19. The van der Waals surface area contributed by atoms with Crippen LogP contribution in [0.1, 0.15) is 27.8 Å². The van der Waals surface area contributed by atoms with E-state index in [1.54, 1.807) is 12.4 Å². The van der Waals surface area contributed by atoms with Crippen LogP contribution in [0.15, 0.2) is 24.5 Å². The summed E-state index contributed by atoms with van der Waals surface area (Å²) in [5, 5.41) is 12.6. The molecule has 1 saturated heterocycles. The van der Waals surface area contributed by atoms with Crippen LogP contribution < -0.4 is 10.6 Å². The van der Waals surface area contributed by atoms with E-state index in [1.165, 1.54) is 0 Å². The Kier molecular flexibility index (Phi) is 3.94. The summed E-state index contributed by atoms with van der Waals surface area (Å²) in [7, 11) is 0. The van der Waals surface area contributed by atoms with E-state index >= 15 is 0 Å². The number of anilines is 1. The Morgan fingerprint density at radius 2 is 2.33 bits per heavy atom. The van der Waals surface area contributed by atoms with Gasteiger partial charge in [0.15, 0.2) is 0 Å². The number of ether oxygens (including phenoxy) is 1. The molecule has 0 bridgehead atoms. The van der Waals surface area contributed by atoms with Crippen LogP contribution in [0.25, 0.3) is 0 Å². The van der Waals surface area contributed by atoms with Gasteiger partial charge in [0.25, 0.3) is 5.91 Å². The molecule has 7 nitrogen and oxygen atoms in total. The maximum atomic E-state index is 12.0. The molecule has 0 saturated carbocycles. The Hall–Kier alpha value is -2.25. The Labute approximate surface area is 122 Å². The highest BCUT2D eigenvalue weighted by Crippen LogP contribution is 2.18. The third kappa shape index (κ3) is 3.09. The summed E-state index contributed by atoms with van der Waals surface area (Å²) in [6, 6.07) is 3.69. The van der Waals surface area contributed by atoms with Gasteiger partial charge in [0.05, 0.1) is 30.4 Å². The third-order valence-electron chi connectivity index (χ3n) is 3.36. The van der Waals surface area contributed by atoms with Crippen molar-refractivity contribution >= 4 is 11.6 Å². The van der Waals surface area contributed by atoms with Crippen molar-refractivity contribution in [2.45, 2.75) is 13.0 Å². The molecule has 0 radical (unpaired) electrons. The highest BCUT2D eigenvalue weighted by atomic mass is 16.5. The van der Waals surface area contributed by atoms with Crippen LogP contribution in [0, 0.1) is 6.92 Å². The first-order valence-electron chi connectivity index (χ1n) is 6.83. The molecule has 0 unspecified atom stereocenters. The average Bonchev–Trinajstić information content (AvgIpc) is 2.95. The zero-order chi connectivity index (χ0) is 14.7. The first-order chi connectivity index (χ1) is 10.2. The first-order valence-corrected chi connectivity index (χ1v) is 6.83. The lowest BCUT2D eigenvalue weighted by Gasteiger charge is -2.23. The molecule has 1 amide bonds. The highest BCUT2D eigenvalue weighted by Gasteiger charge is 2.17. The number of carbonyl (C=O) groups is 1. The molecule has 3 rings (SSSR count). The lowest BCUT2D eigenvalue weighted by atomic mass is 10.2. The third-order valence-corrected chi connectivity index (χ3v) is 3.36. The summed E-state index contributed by atoms with van der Waals surface area (Å²) < 4.78 is 5.63. The second-order valence-corrected chi connectivity index (χ2v) is 4.92. The van der Waals surface area contributed by atoms with Crippen molar-refractivity contribution in [1.82, 2.24) is 20.5 Å². The van der Waals surface area contributed by atoms with Gasteiger partial charge in [-0.2, -0.15) is 5.10 Å². The number of hydrogen-bond acceptors (Lipinski definition) is 5. The van der Waals surface area contributed by atoms with Crippen LogP contribution in [0.5, 0.6) is 0 Å². The van der Waals surface area contributed by atoms with Gasteiger partial charge in [0, 0.05) is 13.1 Å². The molecule has 0 spiro atoms. The topological polar surface area (TPSA) is 91.9 Å². The van der Waals surface area contributed by atoms with Crippen molar-refractivity contribution in [2.75, 3.05) is 25.0 Å². The van der Waals surface area contributed by atoms with Crippen LogP contribution in [-0.4, -0.2) is 40.8 Å². The summed E-state index contributed by atoms with van der Waals surface area (Å²) in [5.74, 6) is -0.227. The Morgan fingerprint density at radius 1 is 1.43 bits per heavy atom. The lowest BCUT2D eigenvalue weighted by molar-refractivity contribution is 0.0250. The molecule has 0 aliphatic carbocycles. The second-order valence-electron chi connectivity index (χ2n) is 4.92. The van der Waals surface area contributed by atoms with E-state index in [0.717, 1.165) is 24.3 Å². The van der Waals surface area contributed by atoms with Crippen molar-refractivity contribution in [3.05, 3.63) is 41.5 Å². The van der Waals surface area contributed by atoms with E-state index in [4.69, 9.17) is 4.74 Å². The van der Waals surface area contributed by atoms with Gasteiger partial charge >= 0.3 is 0 Å². The lowest BCUT2D eigenvalue weighted by Crippen LogP contribution is -2.33. The number of hydrogen-bond donors (Lipinski definition) is 3. The second kappa shape index (κ2) is 6.02. The Balaban J connectivity index is 1.67. The van der Waals surface area contributed by atoms with Crippen molar-refractivity contribution in [1.29, 1.82) is 0 Å². The van der Waals surface area contributed by atoms with E-state index in [-0.39, 0.29) is 12.0 Å². The molecule has 110 valence electrons. The number of aryl methyl sites for hydroxylation is 1. The SMILES string of the molecule is Cc1cn[nH]c1C(=O)Nc1ccc([C@H]2CNCCO2)nc1. The van der Waals surface area contributed by atoms with Gasteiger partial charge in [-0.05, 0) is 24.6 Å². The molecule has 3 N–H and O–H groups in total. The van der Waals surface area contributed by atoms with Crippen LogP contribution in [0.4, 0.5) is 5.69 Å². The number of rotatable bonds is 3. The fraction of sp³-hybridized carbons (Fsp3) is 0.357. The number of carbonyl (C=O) groups excluding carboxylic acids is 1. The summed E-state index contributed by atoms with van der Waals surface area (Å²) >= 11 is 0. The van der Waals surface area contributed by atoms with Crippen molar-refractivity contribution in [3.63, 3.8) is 0 Å². The summed E-state index contributed by atoms with van der Waals surface area (Å²) in [6.45, 7) is 4.14. The molecule has 0 aromatic carbocycles. The molecule has 2 aromatic heterocycles. The normalized spacial score (nSPS) is 18.4. The quantitative estimate of drug-likeness (QED) is 0.784. The van der Waals surface area contributed by atoms with E-state index in [1.807, 2.05) is 19.1 Å². The Morgan fingerprint density at radius 3 is 2.95 bits per heavy atom. The Bertz CT molecular complexity index is 617. The zero-order valence-corrected chi connectivity index (χ0v) is 11.7. The minimum Gasteiger partial charge on any atom is -0.369 e. The number of aromatic amines is 1. The van der Waals surface area contributed by atoms with Crippen molar-refractivity contribution in [2.24, 2.45) is 0 Å². The van der Waals surface area contributed by atoms with Crippen LogP contribution in [0.2, 0.25) is 0 Å². The number of nitrogens with zero attached hydrogens (tertiary/aromatic N) is 2. The molecule has 21 heavy (non-hydrogen) atoms. The van der Waals surface area contributed by atoms with Gasteiger partial charge < -0.3 is 15.4 Å². The molecule has 1 atom stereocenters. The number of morpholine rings is 1. The monoisotopic (exact) mass is 287 g/mol. The maximum Gasteiger partial charge on any atom is 0.273 e. The number of amides is 1. The predicted octanol–water partition coefficient (Wildman–Crippen LogP) is 1.03. The zero-order valence-electron chi connectivity index (χ0n) is 11.7. The van der Waals surface area contributed by atoms with Gasteiger partial charge in [0.1, 0.15) is 11.8 Å². The van der Waals surface area contributed by atoms with E-state index < -0.39 is 0 Å². The minimum atomic E-state index is -0.227. The van der Waals surface area contributed by atoms with E-state index in [2.05, 4.69) is 25.8 Å². The van der Waals surface area contributed by atoms with Gasteiger partial charge in [0.2, 0.25) is 0 Å². The molecule has 1 fully saturated rings. The summed E-state index contributed by atoms with van der Waals surface area (Å²) in [6.07, 6.45) is 3.22. The molecule has 3 heterocycles. The smallest absolute Gasteiger partial charge is 0.273 e. The molecule has 7 heteroatoms.